The Morgan fingerprint density at radius 1 is 0.629 bits per heavy atom. The molecule has 2 unspecified atom stereocenters. The van der Waals surface area contributed by atoms with Crippen molar-refractivity contribution in [1.29, 1.82) is 0 Å². The average molecular weight is 515 g/mol. The molecule has 0 saturated heterocycles. The molecule has 0 nitrogen and oxygen atoms in total. The van der Waals surface area contributed by atoms with Crippen LogP contribution >= 0.6 is 0 Å². The van der Waals surface area contributed by atoms with Gasteiger partial charge in [-0.15, -0.1) is 0 Å². The SMILES string of the molecule is CCC[CH2][Ti]([CH3])(=[SiH2])([CH2]CCC)([c]1ccccc1)([CH]1C=Cc2ccccc21)[CH]1C=Cc2ccccc21. The zero-order valence-corrected chi connectivity index (χ0v) is 24.9. The van der Waals surface area contributed by atoms with E-state index in [0.29, 0.717) is 8.45 Å². The second kappa shape index (κ2) is 7.78. The number of fused-ring (bicyclic) bond motifs is 2. The van der Waals surface area contributed by atoms with Crippen LogP contribution in [0, 0.1) is 0 Å². The van der Waals surface area contributed by atoms with Crippen molar-refractivity contribution in [3.63, 3.8) is 0 Å². The van der Waals surface area contributed by atoms with E-state index in [4.69, 9.17) is 0 Å². The molecule has 0 aromatic heterocycles. The van der Waals surface area contributed by atoms with Crippen molar-refractivity contribution >= 4 is 23.7 Å². The Labute approximate surface area is 210 Å². The number of hydrogen-bond acceptors (Lipinski definition) is 0. The minimum atomic E-state index is -4.90. The molecule has 3 aromatic rings. The van der Waals surface area contributed by atoms with Gasteiger partial charge in [0.1, 0.15) is 0 Å². The Bertz CT molecular complexity index is 1370. The van der Waals surface area contributed by atoms with Gasteiger partial charge in [-0.2, -0.15) is 0 Å². The number of allylic oxidation sites excluding steroid dienone is 2. The van der Waals surface area contributed by atoms with Crippen molar-refractivity contribution in [2.24, 2.45) is 0 Å². The molecule has 0 N–H and O–H groups in total. The van der Waals surface area contributed by atoms with E-state index in [9.17, 15) is 0 Å². The maximum atomic E-state index is 2.91. The Hall–Kier alpha value is -1.93. The first-order valence-electron chi connectivity index (χ1n) is 13.9. The van der Waals surface area contributed by atoms with Crippen LogP contribution in [0.4, 0.5) is 0 Å². The molecule has 0 amide bonds. The Morgan fingerprint density at radius 2 is 1.06 bits per heavy atom. The quantitative estimate of drug-likeness (QED) is 0.251. The van der Waals surface area contributed by atoms with E-state index in [1.165, 1.54) is 46.3 Å². The van der Waals surface area contributed by atoms with E-state index in [1.54, 1.807) is 15.0 Å². The molecule has 0 aliphatic heterocycles. The Balaban J connectivity index is 2.03. The first kappa shape index (κ1) is 24.8. The van der Waals surface area contributed by atoms with Crippen molar-refractivity contribution in [1.82, 2.24) is 0 Å². The summed E-state index contributed by atoms with van der Waals surface area (Å²) in [5, 5.41) is 2.91. The molecule has 3 aromatic carbocycles. The molecule has 0 bridgehead atoms. The van der Waals surface area contributed by atoms with E-state index in [0.717, 1.165) is 0 Å². The third-order valence-electron chi connectivity index (χ3n) is 11.3. The van der Waals surface area contributed by atoms with Crippen molar-refractivity contribution in [2.75, 3.05) is 0 Å². The molecule has 0 heterocycles. The minimum absolute atomic E-state index is 0.434. The van der Waals surface area contributed by atoms with E-state index in [1.807, 2.05) is 0 Å². The molecule has 0 spiro atoms. The molecule has 182 valence electrons. The molecular weight excluding hydrogens is 472 g/mol. The molecule has 2 aliphatic rings. The summed E-state index contributed by atoms with van der Waals surface area (Å²) < 4.78 is 5.16. The van der Waals surface area contributed by atoms with Gasteiger partial charge in [0.2, 0.25) is 0 Å². The topological polar surface area (TPSA) is 0 Å². The van der Waals surface area contributed by atoms with Crippen molar-refractivity contribution in [3.05, 3.63) is 113 Å². The molecule has 0 saturated carbocycles. The summed E-state index contributed by atoms with van der Waals surface area (Å²) in [6.07, 6.45) is 15.2. The van der Waals surface area contributed by atoms with Crippen LogP contribution in [0.3, 0.4) is 0 Å². The Kier molecular flexibility index (Phi) is 5.50. The summed E-state index contributed by atoms with van der Waals surface area (Å²) in [6, 6.07) is 30.5. The van der Waals surface area contributed by atoms with Crippen LogP contribution in [0.15, 0.2) is 91.0 Å². The summed E-state index contributed by atoms with van der Waals surface area (Å²) >= 11 is -4.90. The number of rotatable bonds is 9. The predicted octanol–water partition coefficient (Wildman–Crippen LogP) is 8.64. The normalized spacial score (nSPS) is 21.5. The van der Waals surface area contributed by atoms with Crippen molar-refractivity contribution in [3.8, 4) is 0 Å². The standard InChI is InChI=1S/2C9H7.C6H5.2C4H9.CH3.H2Si.Ti/c2*1-2-5-9-7-3-6-8(9)4-1;1-2-4-6-5-3-1;2*1-3-4-2;;;/h2*1-7H;1-5H;2*1,3-4H2,2H3;1H3;1H2;. The van der Waals surface area contributed by atoms with Crippen LogP contribution in [-0.2, 0) is 11.5 Å². The van der Waals surface area contributed by atoms with Crippen molar-refractivity contribution in [2.45, 2.75) is 62.7 Å². The molecule has 2 aliphatic carbocycles. The van der Waals surface area contributed by atoms with E-state index >= 15 is 0 Å². The second-order valence-electron chi connectivity index (χ2n) is 13.4. The molecule has 0 fully saturated rings. The van der Waals surface area contributed by atoms with E-state index < -0.39 is 11.5 Å². The van der Waals surface area contributed by atoms with Crippen LogP contribution in [0.25, 0.3) is 12.2 Å². The summed E-state index contributed by atoms with van der Waals surface area (Å²) in [4.78, 5) is 0. The second-order valence-corrected chi connectivity index (χ2v) is 44.8. The maximum absolute atomic E-state index is 4.90. The number of hydrogen-bond donors (Lipinski definition) is 0. The van der Waals surface area contributed by atoms with Crippen LogP contribution in [-0.4, -0.2) is 7.63 Å². The molecule has 0 radical (unpaired) electrons. The zero-order chi connectivity index (χ0) is 24.7. The summed E-state index contributed by atoms with van der Waals surface area (Å²) in [5.74, 6) is 0. The van der Waals surface area contributed by atoms with E-state index in [2.05, 4.69) is 130 Å². The van der Waals surface area contributed by atoms with Gasteiger partial charge >= 0.3 is 211 Å². The molecule has 5 rings (SSSR count). The third kappa shape index (κ3) is 3.02. The van der Waals surface area contributed by atoms with Gasteiger partial charge in [0.15, 0.2) is 0 Å². The monoisotopic (exact) mass is 514 g/mol. The number of benzene rings is 3. The summed E-state index contributed by atoms with van der Waals surface area (Å²) in [7, 11) is 2.56. The number of unbranched alkanes of at least 4 members (excludes halogenated alkanes) is 2. The summed E-state index contributed by atoms with van der Waals surface area (Å²) in [5.41, 5.74) is 5.98. The first-order valence-corrected chi connectivity index (χ1v) is 24.2. The molecule has 2 heteroatoms. The van der Waals surface area contributed by atoms with Gasteiger partial charge < -0.3 is 0 Å². The average Bonchev–Trinajstić information content (AvgIpc) is 3.55. The predicted molar refractivity (Wildman–Crippen MR) is 156 cm³/mol. The molecule has 35 heavy (non-hydrogen) atoms. The fourth-order valence-electron chi connectivity index (χ4n) is 9.14. The van der Waals surface area contributed by atoms with Gasteiger partial charge in [-0.1, -0.05) is 0 Å². The zero-order valence-electron chi connectivity index (χ0n) is 21.9. The molecular formula is C33H42SiTi. The van der Waals surface area contributed by atoms with Crippen LogP contribution in [0.2, 0.25) is 14.7 Å². The van der Waals surface area contributed by atoms with E-state index in [-0.39, 0.29) is 0 Å². The van der Waals surface area contributed by atoms with Crippen LogP contribution in [0.5, 0.6) is 0 Å². The van der Waals surface area contributed by atoms with Crippen LogP contribution in [0.1, 0.15) is 70.2 Å². The molecule has 2 atom stereocenters. The van der Waals surface area contributed by atoms with Crippen molar-refractivity contribution < 1.29 is 11.5 Å². The Morgan fingerprint density at radius 3 is 1.51 bits per heavy atom. The first-order chi connectivity index (χ1) is 16.8. The van der Waals surface area contributed by atoms with Gasteiger partial charge in [0, 0.05) is 0 Å². The van der Waals surface area contributed by atoms with Gasteiger partial charge in [-0.3, -0.25) is 0 Å². The fourth-order valence-corrected chi connectivity index (χ4v) is 35.9. The fraction of sp³-hybridized carbons (Fsp3) is 0.333. The third-order valence-corrected chi connectivity index (χ3v) is 41.1. The van der Waals surface area contributed by atoms with Gasteiger partial charge in [-0.25, -0.2) is 0 Å². The summed E-state index contributed by atoms with van der Waals surface area (Å²) in [6.45, 7) is 4.77. The van der Waals surface area contributed by atoms with Crippen LogP contribution < -0.4 is 3.87 Å². The van der Waals surface area contributed by atoms with Gasteiger partial charge in [0.25, 0.3) is 0 Å². The van der Waals surface area contributed by atoms with Gasteiger partial charge in [0.05, 0.1) is 0 Å². The van der Waals surface area contributed by atoms with Gasteiger partial charge in [-0.05, 0) is 0 Å².